The average Bonchev–Trinajstić information content (AvgIpc) is 2.71. The molecule has 0 atom stereocenters. The third-order valence-electron chi connectivity index (χ3n) is 2.28. The molecule has 17 heavy (non-hydrogen) atoms. The number of ether oxygens (including phenoxy) is 1. The second kappa shape index (κ2) is 4.71. The number of oxazole rings is 1. The smallest absolute Gasteiger partial charge is 0.360 e. The maximum atomic E-state index is 11.4. The maximum absolute atomic E-state index is 11.4. The summed E-state index contributed by atoms with van der Waals surface area (Å²) in [6.45, 7) is 1.68. The number of hydrogen-bond donors (Lipinski definition) is 0. The molecule has 0 saturated carbocycles. The van der Waals surface area contributed by atoms with Crippen molar-refractivity contribution >= 4 is 21.9 Å². The minimum atomic E-state index is -0.496. The molecule has 88 valence electrons. The summed E-state index contributed by atoms with van der Waals surface area (Å²) in [4.78, 5) is 15.5. The molecular weight excluding hydrogens is 286 g/mol. The van der Waals surface area contributed by atoms with Crippen molar-refractivity contribution in [2.75, 3.05) is 7.11 Å². The van der Waals surface area contributed by atoms with E-state index in [9.17, 15) is 4.79 Å². The van der Waals surface area contributed by atoms with E-state index in [2.05, 4.69) is 25.7 Å². The summed E-state index contributed by atoms with van der Waals surface area (Å²) >= 11 is 3.40. The Morgan fingerprint density at radius 1 is 1.41 bits per heavy atom. The van der Waals surface area contributed by atoms with Crippen LogP contribution in [0.2, 0.25) is 0 Å². The highest BCUT2D eigenvalue weighted by Crippen LogP contribution is 2.28. The van der Waals surface area contributed by atoms with Crippen LogP contribution in [0.4, 0.5) is 0 Å². The van der Waals surface area contributed by atoms with Gasteiger partial charge in [-0.25, -0.2) is 9.78 Å². The summed E-state index contributed by atoms with van der Waals surface area (Å²) in [5, 5.41) is 0. The largest absolute Gasteiger partial charge is 0.464 e. The molecule has 1 aromatic heterocycles. The molecule has 1 heterocycles. The summed E-state index contributed by atoms with van der Waals surface area (Å²) in [7, 11) is 1.31. The molecule has 0 fully saturated rings. The molecule has 5 heteroatoms. The van der Waals surface area contributed by atoms with Gasteiger partial charge >= 0.3 is 5.97 Å². The lowest BCUT2D eigenvalue weighted by atomic mass is 10.2. The van der Waals surface area contributed by atoms with E-state index in [-0.39, 0.29) is 5.69 Å². The molecular formula is C12H10BrNO3. The Hall–Kier alpha value is -1.62. The SMILES string of the molecule is COC(=O)c1nc(-c2ccccc2Br)oc1C. The van der Waals surface area contributed by atoms with E-state index < -0.39 is 5.97 Å². The zero-order valence-corrected chi connectivity index (χ0v) is 10.9. The third kappa shape index (κ3) is 2.24. The van der Waals surface area contributed by atoms with Crippen LogP contribution in [0.5, 0.6) is 0 Å². The van der Waals surface area contributed by atoms with Crippen molar-refractivity contribution in [2.45, 2.75) is 6.92 Å². The van der Waals surface area contributed by atoms with Crippen molar-refractivity contribution in [3.8, 4) is 11.5 Å². The normalized spacial score (nSPS) is 10.3. The minimum Gasteiger partial charge on any atom is -0.464 e. The molecule has 0 spiro atoms. The van der Waals surface area contributed by atoms with E-state index in [1.807, 2.05) is 24.3 Å². The molecule has 0 N–H and O–H groups in total. The van der Waals surface area contributed by atoms with Crippen LogP contribution in [0.3, 0.4) is 0 Å². The van der Waals surface area contributed by atoms with Crippen molar-refractivity contribution in [1.82, 2.24) is 4.98 Å². The number of halogens is 1. The monoisotopic (exact) mass is 295 g/mol. The Bertz CT molecular complexity index is 563. The predicted octanol–water partition coefficient (Wildman–Crippen LogP) is 3.20. The third-order valence-corrected chi connectivity index (χ3v) is 2.97. The van der Waals surface area contributed by atoms with Gasteiger partial charge < -0.3 is 9.15 Å². The van der Waals surface area contributed by atoms with Gasteiger partial charge in [0.15, 0.2) is 5.69 Å². The highest BCUT2D eigenvalue weighted by molar-refractivity contribution is 9.10. The second-order valence-electron chi connectivity index (χ2n) is 3.40. The number of nitrogens with zero attached hydrogens (tertiary/aromatic N) is 1. The Kier molecular flexibility index (Phi) is 3.28. The van der Waals surface area contributed by atoms with Gasteiger partial charge in [0, 0.05) is 4.47 Å². The molecule has 0 unspecified atom stereocenters. The average molecular weight is 296 g/mol. The first-order valence-corrected chi connectivity index (χ1v) is 5.73. The van der Waals surface area contributed by atoms with Crippen LogP contribution in [0.25, 0.3) is 11.5 Å². The van der Waals surface area contributed by atoms with Gasteiger partial charge in [-0.2, -0.15) is 0 Å². The molecule has 0 amide bonds. The van der Waals surface area contributed by atoms with Crippen molar-refractivity contribution in [2.24, 2.45) is 0 Å². The molecule has 0 radical (unpaired) electrons. The van der Waals surface area contributed by atoms with Gasteiger partial charge in [0.1, 0.15) is 5.76 Å². The first-order valence-electron chi connectivity index (χ1n) is 4.94. The summed E-state index contributed by atoms with van der Waals surface area (Å²) in [5.74, 6) is 0.350. The Labute approximate surface area is 107 Å². The summed E-state index contributed by atoms with van der Waals surface area (Å²) in [5.41, 5.74) is 1.00. The van der Waals surface area contributed by atoms with Crippen LogP contribution in [0.1, 0.15) is 16.2 Å². The topological polar surface area (TPSA) is 52.3 Å². The van der Waals surface area contributed by atoms with Crippen LogP contribution in [-0.2, 0) is 4.74 Å². The molecule has 2 aromatic rings. The number of aromatic nitrogens is 1. The number of hydrogen-bond acceptors (Lipinski definition) is 4. The Balaban J connectivity index is 2.49. The first kappa shape index (κ1) is 11.9. The number of esters is 1. The molecule has 0 aliphatic carbocycles. The number of methoxy groups -OCH3 is 1. The number of benzene rings is 1. The van der Waals surface area contributed by atoms with Crippen LogP contribution in [-0.4, -0.2) is 18.1 Å². The highest BCUT2D eigenvalue weighted by atomic mass is 79.9. The molecule has 0 bridgehead atoms. The van der Waals surface area contributed by atoms with Crippen LogP contribution in [0, 0.1) is 6.92 Å². The number of carbonyl (C=O) groups is 1. The first-order chi connectivity index (χ1) is 8.13. The van der Waals surface area contributed by atoms with E-state index in [0.29, 0.717) is 11.7 Å². The fourth-order valence-corrected chi connectivity index (χ4v) is 1.89. The lowest BCUT2D eigenvalue weighted by molar-refractivity contribution is 0.0593. The molecule has 1 aromatic carbocycles. The molecule has 0 saturated heterocycles. The van der Waals surface area contributed by atoms with Crippen LogP contribution in [0.15, 0.2) is 33.2 Å². The molecule has 0 aliphatic heterocycles. The minimum absolute atomic E-state index is 0.207. The summed E-state index contributed by atoms with van der Waals surface area (Å²) < 4.78 is 10.9. The van der Waals surface area contributed by atoms with Gasteiger partial charge in [-0.3, -0.25) is 0 Å². The molecule has 4 nitrogen and oxygen atoms in total. The summed E-state index contributed by atoms with van der Waals surface area (Å²) in [6, 6.07) is 7.51. The van der Waals surface area contributed by atoms with Gasteiger partial charge in [0.05, 0.1) is 12.7 Å². The van der Waals surface area contributed by atoms with E-state index in [4.69, 9.17) is 4.42 Å². The molecule has 2 rings (SSSR count). The zero-order valence-electron chi connectivity index (χ0n) is 9.36. The lowest BCUT2D eigenvalue weighted by Crippen LogP contribution is -2.03. The van der Waals surface area contributed by atoms with Gasteiger partial charge in [-0.1, -0.05) is 12.1 Å². The van der Waals surface area contributed by atoms with Gasteiger partial charge in [0.2, 0.25) is 5.89 Å². The zero-order chi connectivity index (χ0) is 12.4. The van der Waals surface area contributed by atoms with Gasteiger partial charge in [-0.05, 0) is 35.0 Å². The van der Waals surface area contributed by atoms with Crippen molar-refractivity contribution < 1.29 is 13.9 Å². The standard InChI is InChI=1S/C12H10BrNO3/c1-7-10(12(15)16-2)14-11(17-7)8-5-3-4-6-9(8)13/h3-6H,1-2H3. The number of aryl methyl sites for hydroxylation is 1. The predicted molar refractivity (Wildman–Crippen MR) is 65.7 cm³/mol. The van der Waals surface area contributed by atoms with Gasteiger partial charge in [0.25, 0.3) is 0 Å². The second-order valence-corrected chi connectivity index (χ2v) is 4.25. The fourth-order valence-electron chi connectivity index (χ4n) is 1.43. The van der Waals surface area contributed by atoms with E-state index in [1.54, 1.807) is 6.92 Å². The maximum Gasteiger partial charge on any atom is 0.360 e. The number of rotatable bonds is 2. The summed E-state index contributed by atoms with van der Waals surface area (Å²) in [6.07, 6.45) is 0. The number of carbonyl (C=O) groups excluding carboxylic acids is 1. The van der Waals surface area contributed by atoms with E-state index in [1.165, 1.54) is 7.11 Å². The highest BCUT2D eigenvalue weighted by Gasteiger charge is 2.19. The molecule has 0 aliphatic rings. The van der Waals surface area contributed by atoms with Crippen molar-refractivity contribution in [3.63, 3.8) is 0 Å². The Morgan fingerprint density at radius 2 is 2.12 bits per heavy atom. The van der Waals surface area contributed by atoms with E-state index >= 15 is 0 Å². The van der Waals surface area contributed by atoms with Crippen molar-refractivity contribution in [3.05, 3.63) is 40.2 Å². The van der Waals surface area contributed by atoms with Crippen molar-refractivity contribution in [1.29, 1.82) is 0 Å². The fraction of sp³-hybridized carbons (Fsp3) is 0.167. The quantitative estimate of drug-likeness (QED) is 0.799. The Morgan fingerprint density at radius 3 is 2.76 bits per heavy atom. The van der Waals surface area contributed by atoms with Gasteiger partial charge in [-0.15, -0.1) is 0 Å². The van der Waals surface area contributed by atoms with Crippen LogP contribution >= 0.6 is 15.9 Å². The van der Waals surface area contributed by atoms with E-state index in [0.717, 1.165) is 10.0 Å². The lowest BCUT2D eigenvalue weighted by Gasteiger charge is -1.97. The van der Waals surface area contributed by atoms with Crippen LogP contribution < -0.4 is 0 Å².